The molecule has 0 radical (unpaired) electrons. The van der Waals surface area contributed by atoms with Gasteiger partial charge < -0.3 is 5.73 Å². The standard InChI is InChI=1S/C22H17ClF3N5/c1-13(15-3-2-4-17(9-15)22(24,25)26)31-11-16(10-30-31)20-19(21(27)29-12-28-20)14-5-7-18(23)8-6-14/h2-13H,1H3,(H2,27,28,29). The largest absolute Gasteiger partial charge is 0.416 e. The number of nitrogens with two attached hydrogens (primary N) is 1. The third-order valence-corrected chi connectivity index (χ3v) is 5.23. The Hall–Kier alpha value is -3.39. The third kappa shape index (κ3) is 4.25. The molecule has 0 aliphatic heterocycles. The van der Waals surface area contributed by atoms with Gasteiger partial charge in [0.1, 0.15) is 12.1 Å². The van der Waals surface area contributed by atoms with Crippen molar-refractivity contribution < 1.29 is 13.2 Å². The Morgan fingerprint density at radius 3 is 2.48 bits per heavy atom. The van der Waals surface area contributed by atoms with Crippen molar-refractivity contribution in [1.82, 2.24) is 19.7 Å². The molecule has 4 rings (SSSR count). The quantitative estimate of drug-likeness (QED) is 0.428. The SMILES string of the molecule is CC(c1cccc(C(F)(F)F)c1)n1cc(-c2ncnc(N)c2-c2ccc(Cl)cc2)cn1. The van der Waals surface area contributed by atoms with Gasteiger partial charge >= 0.3 is 6.18 Å². The number of rotatable bonds is 4. The van der Waals surface area contributed by atoms with E-state index in [4.69, 9.17) is 17.3 Å². The molecule has 0 aliphatic carbocycles. The lowest BCUT2D eigenvalue weighted by Crippen LogP contribution is -2.10. The molecule has 1 unspecified atom stereocenters. The summed E-state index contributed by atoms with van der Waals surface area (Å²) in [7, 11) is 0. The minimum Gasteiger partial charge on any atom is -0.383 e. The monoisotopic (exact) mass is 443 g/mol. The number of alkyl halides is 3. The molecular formula is C22H17ClF3N5. The maximum absolute atomic E-state index is 13.1. The molecule has 0 aliphatic rings. The summed E-state index contributed by atoms with van der Waals surface area (Å²) in [6.45, 7) is 1.78. The average molecular weight is 444 g/mol. The van der Waals surface area contributed by atoms with Crippen molar-refractivity contribution in [3.8, 4) is 22.4 Å². The summed E-state index contributed by atoms with van der Waals surface area (Å²) < 4.78 is 40.8. The molecule has 2 aromatic carbocycles. The van der Waals surface area contributed by atoms with Crippen LogP contribution >= 0.6 is 11.6 Å². The number of nitrogens with zero attached hydrogens (tertiary/aromatic N) is 4. The second-order valence-electron chi connectivity index (χ2n) is 7.00. The molecule has 1 atom stereocenters. The molecule has 0 fully saturated rings. The van der Waals surface area contributed by atoms with Gasteiger partial charge in [-0.2, -0.15) is 18.3 Å². The molecule has 5 nitrogen and oxygen atoms in total. The van der Waals surface area contributed by atoms with E-state index in [1.165, 1.54) is 12.4 Å². The Morgan fingerprint density at radius 2 is 1.77 bits per heavy atom. The van der Waals surface area contributed by atoms with Crippen LogP contribution in [-0.4, -0.2) is 19.7 Å². The van der Waals surface area contributed by atoms with Gasteiger partial charge in [0.05, 0.1) is 29.1 Å². The molecule has 158 valence electrons. The number of nitrogen functional groups attached to an aromatic ring is 1. The van der Waals surface area contributed by atoms with Crippen molar-refractivity contribution in [2.45, 2.75) is 19.1 Å². The summed E-state index contributed by atoms with van der Waals surface area (Å²) in [6.07, 6.45) is 0.284. The summed E-state index contributed by atoms with van der Waals surface area (Å²) in [5.74, 6) is 0.297. The van der Waals surface area contributed by atoms with Gasteiger partial charge in [-0.05, 0) is 42.3 Å². The molecule has 0 spiro atoms. The van der Waals surface area contributed by atoms with Crippen LogP contribution in [0.25, 0.3) is 22.4 Å². The van der Waals surface area contributed by atoms with Crippen LogP contribution < -0.4 is 5.73 Å². The number of aromatic nitrogens is 4. The van der Waals surface area contributed by atoms with Gasteiger partial charge in [0.25, 0.3) is 0 Å². The highest BCUT2D eigenvalue weighted by atomic mass is 35.5. The fourth-order valence-electron chi connectivity index (χ4n) is 3.32. The molecule has 0 saturated heterocycles. The van der Waals surface area contributed by atoms with Crippen molar-refractivity contribution in [1.29, 1.82) is 0 Å². The Bertz CT molecular complexity index is 1220. The van der Waals surface area contributed by atoms with Crippen molar-refractivity contribution in [2.75, 3.05) is 5.73 Å². The first-order valence-electron chi connectivity index (χ1n) is 9.32. The smallest absolute Gasteiger partial charge is 0.383 e. The van der Waals surface area contributed by atoms with Crippen molar-refractivity contribution in [3.63, 3.8) is 0 Å². The van der Waals surface area contributed by atoms with E-state index in [1.807, 2.05) is 12.1 Å². The van der Waals surface area contributed by atoms with Crippen LogP contribution in [0.4, 0.5) is 19.0 Å². The molecule has 31 heavy (non-hydrogen) atoms. The highest BCUT2D eigenvalue weighted by Crippen LogP contribution is 2.35. The number of hydrogen-bond donors (Lipinski definition) is 1. The fraction of sp³-hybridized carbons (Fsp3) is 0.136. The van der Waals surface area contributed by atoms with Gasteiger partial charge in [-0.25, -0.2) is 9.97 Å². The number of anilines is 1. The van der Waals surface area contributed by atoms with E-state index < -0.39 is 17.8 Å². The van der Waals surface area contributed by atoms with Gasteiger partial charge in [-0.3, -0.25) is 4.68 Å². The van der Waals surface area contributed by atoms with Crippen molar-refractivity contribution >= 4 is 17.4 Å². The van der Waals surface area contributed by atoms with Crippen LogP contribution in [0.3, 0.4) is 0 Å². The van der Waals surface area contributed by atoms with E-state index in [0.717, 1.165) is 17.7 Å². The summed E-state index contributed by atoms with van der Waals surface area (Å²) in [5, 5.41) is 4.94. The molecule has 4 aromatic rings. The summed E-state index contributed by atoms with van der Waals surface area (Å²) in [5.41, 5.74) is 8.57. The molecule has 0 saturated carbocycles. The number of halogens is 4. The molecular weight excluding hydrogens is 427 g/mol. The highest BCUT2D eigenvalue weighted by molar-refractivity contribution is 6.30. The Morgan fingerprint density at radius 1 is 1.03 bits per heavy atom. The second kappa shape index (κ2) is 8.03. The normalized spacial score (nSPS) is 12.7. The van der Waals surface area contributed by atoms with Gasteiger partial charge in [0, 0.05) is 16.8 Å². The van der Waals surface area contributed by atoms with E-state index >= 15 is 0 Å². The Balaban J connectivity index is 1.72. The summed E-state index contributed by atoms with van der Waals surface area (Å²) in [6, 6.07) is 11.9. The lowest BCUT2D eigenvalue weighted by molar-refractivity contribution is -0.137. The van der Waals surface area contributed by atoms with E-state index in [0.29, 0.717) is 33.2 Å². The summed E-state index contributed by atoms with van der Waals surface area (Å²) >= 11 is 5.99. The zero-order chi connectivity index (χ0) is 22.2. The predicted octanol–water partition coefficient (Wildman–Crippen LogP) is 5.87. The molecule has 0 bridgehead atoms. The van der Waals surface area contributed by atoms with Crippen LogP contribution in [0.5, 0.6) is 0 Å². The zero-order valence-electron chi connectivity index (χ0n) is 16.3. The predicted molar refractivity (Wildman–Crippen MR) is 113 cm³/mol. The number of hydrogen-bond acceptors (Lipinski definition) is 4. The van der Waals surface area contributed by atoms with Crippen molar-refractivity contribution in [2.24, 2.45) is 0 Å². The van der Waals surface area contributed by atoms with Crippen LogP contribution in [0, 0.1) is 0 Å². The highest BCUT2D eigenvalue weighted by Gasteiger charge is 2.31. The summed E-state index contributed by atoms with van der Waals surface area (Å²) in [4.78, 5) is 8.46. The molecule has 9 heteroatoms. The van der Waals surface area contributed by atoms with Crippen molar-refractivity contribution in [3.05, 3.63) is 83.4 Å². The molecule has 2 heterocycles. The minimum absolute atomic E-state index is 0.297. The lowest BCUT2D eigenvalue weighted by Gasteiger charge is -2.15. The first-order valence-corrected chi connectivity index (χ1v) is 9.70. The molecule has 2 N–H and O–H groups in total. The second-order valence-corrected chi connectivity index (χ2v) is 7.43. The van der Waals surface area contributed by atoms with E-state index in [-0.39, 0.29) is 0 Å². The van der Waals surface area contributed by atoms with E-state index in [9.17, 15) is 13.2 Å². The fourth-order valence-corrected chi connectivity index (χ4v) is 3.44. The molecule has 2 aromatic heterocycles. The van der Waals surface area contributed by atoms with E-state index in [1.54, 1.807) is 42.2 Å². The maximum Gasteiger partial charge on any atom is 0.416 e. The Labute approximate surface area is 181 Å². The minimum atomic E-state index is -4.41. The third-order valence-electron chi connectivity index (χ3n) is 4.98. The van der Waals surface area contributed by atoms with Gasteiger partial charge in [0.15, 0.2) is 0 Å². The Kier molecular flexibility index (Phi) is 5.41. The molecule has 0 amide bonds. The average Bonchev–Trinajstić information content (AvgIpc) is 3.23. The maximum atomic E-state index is 13.1. The first kappa shape index (κ1) is 20.9. The number of benzene rings is 2. The van der Waals surface area contributed by atoms with Crippen LogP contribution in [0.1, 0.15) is 24.1 Å². The van der Waals surface area contributed by atoms with Crippen LogP contribution in [0.2, 0.25) is 5.02 Å². The van der Waals surface area contributed by atoms with Crippen LogP contribution in [0.15, 0.2) is 67.3 Å². The van der Waals surface area contributed by atoms with Crippen LogP contribution in [-0.2, 0) is 6.18 Å². The van der Waals surface area contributed by atoms with Gasteiger partial charge in [-0.1, -0.05) is 35.9 Å². The zero-order valence-corrected chi connectivity index (χ0v) is 17.1. The van der Waals surface area contributed by atoms with Gasteiger partial charge in [-0.15, -0.1) is 0 Å². The lowest BCUT2D eigenvalue weighted by atomic mass is 10.0. The topological polar surface area (TPSA) is 69.6 Å². The van der Waals surface area contributed by atoms with Gasteiger partial charge in [0.2, 0.25) is 0 Å². The first-order chi connectivity index (χ1) is 14.7. The van der Waals surface area contributed by atoms with E-state index in [2.05, 4.69) is 15.1 Å².